The molecule has 0 amide bonds. The topological polar surface area (TPSA) is 94.6 Å². The van der Waals surface area contributed by atoms with E-state index in [0.29, 0.717) is 6.42 Å². The summed E-state index contributed by atoms with van der Waals surface area (Å²) in [6, 6.07) is 2.04. The molecule has 156 valence electrons. The Bertz CT molecular complexity index is 920. The molecule has 0 aliphatic heterocycles. The number of hydrogen-bond acceptors (Lipinski definition) is 6. The standard InChI is InChI=1S/C17H16ClF3O6S.Na.H/c1-28(25,26)13-6-5-9(15(18)10(13)7-27-8-17(19,20)21)16(24)14-11(22)3-2-4-12(14)23;;/h5-6,14H,2-4,7-8H2,1H3;;/q;+1;-1. The number of benzene rings is 1. The Morgan fingerprint density at radius 3 is 2.28 bits per heavy atom. The van der Waals surface area contributed by atoms with Crippen LogP contribution < -0.4 is 29.6 Å². The number of carbonyl (C=O) groups excluding carboxylic acids is 3. The maximum absolute atomic E-state index is 12.7. The largest absolute Gasteiger partial charge is 1.00 e. The van der Waals surface area contributed by atoms with Crippen molar-refractivity contribution in [2.75, 3.05) is 12.9 Å². The van der Waals surface area contributed by atoms with Gasteiger partial charge < -0.3 is 6.16 Å². The molecule has 1 aromatic rings. The number of alkyl halides is 3. The van der Waals surface area contributed by atoms with Crippen molar-refractivity contribution >= 4 is 38.8 Å². The molecular formula is C17H17ClF3NaO6S. The fourth-order valence-electron chi connectivity index (χ4n) is 2.90. The first-order valence-electron chi connectivity index (χ1n) is 8.08. The van der Waals surface area contributed by atoms with Gasteiger partial charge in [-0.15, -0.1) is 0 Å². The van der Waals surface area contributed by atoms with Crippen molar-refractivity contribution in [1.82, 2.24) is 0 Å². The van der Waals surface area contributed by atoms with Gasteiger partial charge in [0.1, 0.15) is 12.5 Å². The fourth-order valence-corrected chi connectivity index (χ4v) is 4.19. The first-order chi connectivity index (χ1) is 12.8. The molecule has 0 saturated heterocycles. The van der Waals surface area contributed by atoms with Crippen LogP contribution in [0.2, 0.25) is 5.02 Å². The van der Waals surface area contributed by atoms with Crippen LogP contribution in [0.1, 0.15) is 36.6 Å². The van der Waals surface area contributed by atoms with E-state index in [0.717, 1.165) is 18.4 Å². The summed E-state index contributed by atoms with van der Waals surface area (Å²) in [4.78, 5) is 36.3. The summed E-state index contributed by atoms with van der Waals surface area (Å²) >= 11 is 6.11. The monoisotopic (exact) mass is 464 g/mol. The van der Waals surface area contributed by atoms with Crippen LogP contribution in [0.15, 0.2) is 17.0 Å². The van der Waals surface area contributed by atoms with Gasteiger partial charge in [-0.2, -0.15) is 13.2 Å². The molecule has 1 aliphatic carbocycles. The van der Waals surface area contributed by atoms with Gasteiger partial charge in [0.25, 0.3) is 0 Å². The minimum Gasteiger partial charge on any atom is -1.00 e. The number of Topliss-reactive ketones (excluding diaryl/α,β-unsaturated/α-hetero) is 3. The van der Waals surface area contributed by atoms with Gasteiger partial charge in [-0.05, 0) is 18.6 Å². The number of halogens is 4. The molecule has 0 atom stereocenters. The van der Waals surface area contributed by atoms with E-state index in [9.17, 15) is 36.0 Å². The Morgan fingerprint density at radius 2 is 1.79 bits per heavy atom. The van der Waals surface area contributed by atoms with Crippen molar-refractivity contribution < 1.29 is 71.7 Å². The summed E-state index contributed by atoms with van der Waals surface area (Å²) in [5.41, 5.74) is -0.650. The normalized spacial score (nSPS) is 15.9. The van der Waals surface area contributed by atoms with Crippen LogP contribution in [0, 0.1) is 5.92 Å². The van der Waals surface area contributed by atoms with Gasteiger partial charge in [0.2, 0.25) is 0 Å². The fraction of sp³-hybridized carbons (Fsp3) is 0.471. The molecule has 0 heterocycles. The van der Waals surface area contributed by atoms with Crippen molar-refractivity contribution in [3.63, 3.8) is 0 Å². The van der Waals surface area contributed by atoms with Crippen LogP contribution in [-0.2, 0) is 30.8 Å². The number of sulfone groups is 1. The van der Waals surface area contributed by atoms with E-state index >= 15 is 0 Å². The zero-order valence-corrected chi connectivity index (χ0v) is 19.2. The number of ether oxygens (including phenoxy) is 1. The molecule has 6 nitrogen and oxygen atoms in total. The molecule has 0 N–H and O–H groups in total. The second-order valence-electron chi connectivity index (χ2n) is 6.37. The van der Waals surface area contributed by atoms with E-state index in [1.54, 1.807) is 0 Å². The summed E-state index contributed by atoms with van der Waals surface area (Å²) in [6.07, 6.45) is -3.40. The Balaban J connectivity index is 0.00000420. The van der Waals surface area contributed by atoms with Crippen LogP contribution in [0.5, 0.6) is 0 Å². The average Bonchev–Trinajstić information content (AvgIpc) is 2.53. The number of rotatable bonds is 6. The predicted octanol–water partition coefficient (Wildman–Crippen LogP) is 0.0599. The van der Waals surface area contributed by atoms with Gasteiger partial charge in [-0.25, -0.2) is 8.42 Å². The molecule has 0 spiro atoms. The van der Waals surface area contributed by atoms with Gasteiger partial charge >= 0.3 is 35.7 Å². The summed E-state index contributed by atoms with van der Waals surface area (Å²) in [5, 5.41) is -0.457. The van der Waals surface area contributed by atoms with Crippen molar-refractivity contribution in [3.05, 3.63) is 28.3 Å². The van der Waals surface area contributed by atoms with Crippen molar-refractivity contribution in [1.29, 1.82) is 0 Å². The smallest absolute Gasteiger partial charge is 1.00 e. The van der Waals surface area contributed by atoms with Gasteiger partial charge in [0.15, 0.2) is 27.2 Å². The Labute approximate surface area is 193 Å². The molecule has 0 unspecified atom stereocenters. The maximum Gasteiger partial charge on any atom is 1.00 e. The van der Waals surface area contributed by atoms with Gasteiger partial charge in [-0.1, -0.05) is 11.6 Å². The maximum atomic E-state index is 12.7. The minimum absolute atomic E-state index is 0. The van der Waals surface area contributed by atoms with Crippen molar-refractivity contribution in [3.8, 4) is 0 Å². The van der Waals surface area contributed by atoms with E-state index in [1.165, 1.54) is 0 Å². The van der Waals surface area contributed by atoms with Crippen molar-refractivity contribution in [2.24, 2.45) is 5.92 Å². The molecule has 1 aliphatic rings. The summed E-state index contributed by atoms with van der Waals surface area (Å²) < 4.78 is 65.3. The number of carbonyl (C=O) groups is 3. The summed E-state index contributed by atoms with van der Waals surface area (Å²) in [5.74, 6) is -3.59. The Hall–Kier alpha value is -0.780. The average molecular weight is 465 g/mol. The molecule has 1 fully saturated rings. The molecule has 0 bridgehead atoms. The molecule has 1 saturated carbocycles. The van der Waals surface area contributed by atoms with Crippen LogP contribution in [0.25, 0.3) is 0 Å². The minimum atomic E-state index is -4.65. The molecule has 0 aromatic heterocycles. The molecule has 2 rings (SSSR count). The van der Waals surface area contributed by atoms with E-state index in [1.807, 2.05) is 0 Å². The number of hydrogen-bond donors (Lipinski definition) is 0. The number of ketones is 3. The Morgan fingerprint density at radius 1 is 1.24 bits per heavy atom. The van der Waals surface area contributed by atoms with E-state index < -0.39 is 62.4 Å². The zero-order chi connectivity index (χ0) is 21.3. The molecule has 12 heteroatoms. The predicted molar refractivity (Wildman–Crippen MR) is 93.1 cm³/mol. The van der Waals surface area contributed by atoms with Gasteiger partial charge in [0.05, 0.1) is 16.5 Å². The third-order valence-corrected chi connectivity index (χ3v) is 5.74. The molecule has 0 radical (unpaired) electrons. The van der Waals surface area contributed by atoms with Crippen LogP contribution in [0.4, 0.5) is 13.2 Å². The van der Waals surface area contributed by atoms with Crippen LogP contribution in [0.3, 0.4) is 0 Å². The second-order valence-corrected chi connectivity index (χ2v) is 8.73. The quantitative estimate of drug-likeness (QED) is 0.336. The first kappa shape index (κ1) is 26.3. The van der Waals surface area contributed by atoms with E-state index in [4.69, 9.17) is 11.6 Å². The Kier molecular flexibility index (Phi) is 9.07. The zero-order valence-electron chi connectivity index (χ0n) is 16.6. The van der Waals surface area contributed by atoms with E-state index in [-0.39, 0.29) is 55.0 Å². The third kappa shape index (κ3) is 6.60. The first-order valence-corrected chi connectivity index (χ1v) is 10.4. The van der Waals surface area contributed by atoms with E-state index in [2.05, 4.69) is 4.74 Å². The third-order valence-electron chi connectivity index (χ3n) is 4.13. The van der Waals surface area contributed by atoms with Crippen LogP contribution >= 0.6 is 11.6 Å². The molecular weight excluding hydrogens is 448 g/mol. The second kappa shape index (κ2) is 10.0. The molecule has 29 heavy (non-hydrogen) atoms. The molecule has 1 aromatic carbocycles. The summed E-state index contributed by atoms with van der Waals surface area (Å²) in [6.45, 7) is -2.47. The van der Waals surface area contributed by atoms with Gasteiger partial charge in [0, 0.05) is 30.2 Å². The summed E-state index contributed by atoms with van der Waals surface area (Å²) in [7, 11) is -3.90. The SMILES string of the molecule is CS(=O)(=O)c1ccc(C(=O)C2C(=O)CCCC2=O)c(Cl)c1COCC(F)(F)F.[H-].[Na+]. The van der Waals surface area contributed by atoms with Crippen molar-refractivity contribution in [2.45, 2.75) is 36.9 Å². The van der Waals surface area contributed by atoms with Crippen LogP contribution in [-0.4, -0.2) is 44.8 Å². The van der Waals surface area contributed by atoms with Gasteiger partial charge in [-0.3, -0.25) is 14.4 Å².